The van der Waals surface area contributed by atoms with E-state index in [4.69, 9.17) is 18.0 Å². The van der Waals surface area contributed by atoms with E-state index in [9.17, 15) is 4.79 Å². The van der Waals surface area contributed by atoms with Gasteiger partial charge < -0.3 is 16.0 Å². The molecule has 3 N–H and O–H groups in total. The molecule has 1 aliphatic rings. The number of rotatable bonds is 3. The zero-order valence-electron chi connectivity index (χ0n) is 10.9. The molecule has 102 valence electrons. The van der Waals surface area contributed by atoms with E-state index >= 15 is 0 Å². The second-order valence-corrected chi connectivity index (χ2v) is 5.26. The quantitative estimate of drug-likeness (QED) is 0.808. The van der Waals surface area contributed by atoms with Gasteiger partial charge in [-0.3, -0.25) is 4.79 Å². The van der Waals surface area contributed by atoms with E-state index in [1.54, 1.807) is 0 Å². The third kappa shape index (κ3) is 4.01. The Morgan fingerprint density at radius 2 is 2.00 bits per heavy atom. The summed E-state index contributed by atoms with van der Waals surface area (Å²) < 4.78 is 0. The summed E-state index contributed by atoms with van der Waals surface area (Å²) in [5.74, 6) is 0.102. The molecule has 1 aliphatic heterocycles. The van der Waals surface area contributed by atoms with Crippen molar-refractivity contribution < 1.29 is 4.79 Å². The zero-order valence-corrected chi connectivity index (χ0v) is 11.7. The molecular formula is C14H19N3OS. The molecule has 0 aromatic heterocycles. The number of nitrogens with one attached hydrogen (secondary N) is 1. The smallest absolute Gasteiger partial charge is 0.253 e. The van der Waals surface area contributed by atoms with E-state index in [-0.39, 0.29) is 5.91 Å². The number of carbonyl (C=O) groups excluding carboxylic acids is 1. The van der Waals surface area contributed by atoms with Gasteiger partial charge in [-0.2, -0.15) is 0 Å². The standard InChI is InChI=1S/C14H19N3OS/c15-13(19)10-11-2-4-12(5-3-11)14(18)17-8-1-6-16-7-9-17/h2-5,16H,1,6-10H2,(H2,15,19). The van der Waals surface area contributed by atoms with Crippen LogP contribution < -0.4 is 11.1 Å². The predicted molar refractivity (Wildman–Crippen MR) is 80.3 cm³/mol. The summed E-state index contributed by atoms with van der Waals surface area (Å²) in [6, 6.07) is 7.55. The van der Waals surface area contributed by atoms with Crippen LogP contribution in [0.15, 0.2) is 24.3 Å². The Morgan fingerprint density at radius 3 is 2.68 bits per heavy atom. The number of carbonyl (C=O) groups is 1. The van der Waals surface area contributed by atoms with Crippen molar-refractivity contribution in [3.05, 3.63) is 35.4 Å². The average Bonchev–Trinajstić information content (AvgIpc) is 2.67. The fraction of sp³-hybridized carbons (Fsp3) is 0.429. The minimum Gasteiger partial charge on any atom is -0.393 e. The number of hydrogen-bond acceptors (Lipinski definition) is 3. The van der Waals surface area contributed by atoms with E-state index in [1.165, 1.54) is 0 Å². The van der Waals surface area contributed by atoms with Crippen LogP contribution in [0.25, 0.3) is 0 Å². The van der Waals surface area contributed by atoms with Crippen LogP contribution in [0.2, 0.25) is 0 Å². The van der Waals surface area contributed by atoms with Crippen molar-refractivity contribution in [2.24, 2.45) is 5.73 Å². The maximum Gasteiger partial charge on any atom is 0.253 e. The summed E-state index contributed by atoms with van der Waals surface area (Å²) in [6.45, 7) is 3.44. The highest BCUT2D eigenvalue weighted by Crippen LogP contribution is 2.09. The summed E-state index contributed by atoms with van der Waals surface area (Å²) in [5.41, 5.74) is 7.28. The Hall–Kier alpha value is -1.46. The number of hydrogen-bond donors (Lipinski definition) is 2. The molecule has 1 aromatic rings. The van der Waals surface area contributed by atoms with Gasteiger partial charge in [-0.15, -0.1) is 0 Å². The highest BCUT2D eigenvalue weighted by molar-refractivity contribution is 7.80. The molecule has 5 heteroatoms. The minimum atomic E-state index is 0.102. The molecule has 2 rings (SSSR count). The maximum absolute atomic E-state index is 12.3. The van der Waals surface area contributed by atoms with E-state index in [1.807, 2.05) is 29.2 Å². The molecule has 0 spiro atoms. The summed E-state index contributed by atoms with van der Waals surface area (Å²) >= 11 is 4.88. The average molecular weight is 277 g/mol. The monoisotopic (exact) mass is 277 g/mol. The number of nitrogens with two attached hydrogens (primary N) is 1. The van der Waals surface area contributed by atoms with Gasteiger partial charge in [0.05, 0.1) is 4.99 Å². The van der Waals surface area contributed by atoms with Crippen LogP contribution in [0.4, 0.5) is 0 Å². The second kappa shape index (κ2) is 6.63. The van der Waals surface area contributed by atoms with Crippen LogP contribution in [0.3, 0.4) is 0 Å². The first-order valence-corrected chi connectivity index (χ1v) is 6.95. The third-order valence-electron chi connectivity index (χ3n) is 3.21. The Bertz CT molecular complexity index is 450. The highest BCUT2D eigenvalue weighted by Gasteiger charge is 2.16. The molecular weight excluding hydrogens is 258 g/mol. The third-order valence-corrected chi connectivity index (χ3v) is 3.35. The number of thiocarbonyl (C=S) groups is 1. The molecule has 1 fully saturated rings. The lowest BCUT2D eigenvalue weighted by atomic mass is 10.1. The van der Waals surface area contributed by atoms with Gasteiger partial charge >= 0.3 is 0 Å². The molecule has 4 nitrogen and oxygen atoms in total. The number of amides is 1. The van der Waals surface area contributed by atoms with Gasteiger partial charge in [-0.1, -0.05) is 24.4 Å². The lowest BCUT2D eigenvalue weighted by molar-refractivity contribution is 0.0766. The van der Waals surface area contributed by atoms with Crippen molar-refractivity contribution in [3.8, 4) is 0 Å². The SMILES string of the molecule is NC(=S)Cc1ccc(C(=O)N2CCCNCC2)cc1. The highest BCUT2D eigenvalue weighted by atomic mass is 32.1. The second-order valence-electron chi connectivity index (χ2n) is 4.74. The van der Waals surface area contributed by atoms with Crippen LogP contribution in [0.1, 0.15) is 22.3 Å². The van der Waals surface area contributed by atoms with Crippen LogP contribution in [0.5, 0.6) is 0 Å². The molecule has 19 heavy (non-hydrogen) atoms. The van der Waals surface area contributed by atoms with Gasteiger partial charge in [0.25, 0.3) is 5.91 Å². The summed E-state index contributed by atoms with van der Waals surface area (Å²) in [5, 5.41) is 3.29. The molecule has 1 amide bonds. The number of benzene rings is 1. The van der Waals surface area contributed by atoms with Gasteiger partial charge in [0.1, 0.15) is 0 Å². The van der Waals surface area contributed by atoms with Crippen molar-refractivity contribution >= 4 is 23.1 Å². The lowest BCUT2D eigenvalue weighted by Gasteiger charge is -2.20. The maximum atomic E-state index is 12.3. The topological polar surface area (TPSA) is 58.4 Å². The first kappa shape index (κ1) is 14.0. The molecule has 0 radical (unpaired) electrons. The molecule has 1 heterocycles. The van der Waals surface area contributed by atoms with Crippen molar-refractivity contribution in [1.82, 2.24) is 10.2 Å². The van der Waals surface area contributed by atoms with Gasteiger partial charge in [-0.25, -0.2) is 0 Å². The van der Waals surface area contributed by atoms with Gasteiger partial charge in [-0.05, 0) is 30.7 Å². The van der Waals surface area contributed by atoms with E-state index in [0.29, 0.717) is 11.4 Å². The fourth-order valence-electron chi connectivity index (χ4n) is 2.20. The van der Waals surface area contributed by atoms with Crippen LogP contribution in [-0.2, 0) is 6.42 Å². The molecule has 1 aromatic carbocycles. The first-order chi connectivity index (χ1) is 9.16. The van der Waals surface area contributed by atoms with E-state index in [2.05, 4.69) is 5.32 Å². The Morgan fingerprint density at radius 1 is 1.26 bits per heavy atom. The number of nitrogens with zero attached hydrogens (tertiary/aromatic N) is 1. The molecule has 1 saturated heterocycles. The zero-order chi connectivity index (χ0) is 13.7. The van der Waals surface area contributed by atoms with Crippen LogP contribution in [0, 0.1) is 0 Å². The summed E-state index contributed by atoms with van der Waals surface area (Å²) in [7, 11) is 0. The fourth-order valence-corrected chi connectivity index (χ4v) is 2.36. The van der Waals surface area contributed by atoms with Crippen molar-refractivity contribution in [2.75, 3.05) is 26.2 Å². The molecule has 0 bridgehead atoms. The molecule has 0 unspecified atom stereocenters. The predicted octanol–water partition coefficient (Wildman–Crippen LogP) is 0.951. The van der Waals surface area contributed by atoms with Crippen molar-refractivity contribution in [2.45, 2.75) is 12.8 Å². The first-order valence-electron chi connectivity index (χ1n) is 6.54. The van der Waals surface area contributed by atoms with Gasteiger partial charge in [0.15, 0.2) is 0 Å². The van der Waals surface area contributed by atoms with Crippen LogP contribution >= 0.6 is 12.2 Å². The normalized spacial score (nSPS) is 15.9. The largest absolute Gasteiger partial charge is 0.393 e. The summed E-state index contributed by atoms with van der Waals surface area (Å²) in [6.07, 6.45) is 1.59. The Labute approximate surface area is 119 Å². The van der Waals surface area contributed by atoms with Gasteiger partial charge in [0, 0.05) is 31.6 Å². The van der Waals surface area contributed by atoms with E-state index < -0.39 is 0 Å². The van der Waals surface area contributed by atoms with Crippen LogP contribution in [-0.4, -0.2) is 42.0 Å². The van der Waals surface area contributed by atoms with Crippen molar-refractivity contribution in [1.29, 1.82) is 0 Å². The minimum absolute atomic E-state index is 0.102. The lowest BCUT2D eigenvalue weighted by Crippen LogP contribution is -2.34. The Balaban J connectivity index is 2.04. The van der Waals surface area contributed by atoms with Gasteiger partial charge in [0.2, 0.25) is 0 Å². The molecule has 0 atom stereocenters. The summed E-state index contributed by atoms with van der Waals surface area (Å²) in [4.78, 5) is 14.7. The Kier molecular flexibility index (Phi) is 4.87. The van der Waals surface area contributed by atoms with E-state index in [0.717, 1.165) is 43.7 Å². The molecule has 0 aliphatic carbocycles. The van der Waals surface area contributed by atoms with Crippen molar-refractivity contribution in [3.63, 3.8) is 0 Å². The molecule has 0 saturated carbocycles.